The molecule has 0 bridgehead atoms. The van der Waals surface area contributed by atoms with Crippen molar-refractivity contribution in [1.82, 2.24) is 19.6 Å². The summed E-state index contributed by atoms with van der Waals surface area (Å²) in [6.45, 7) is 6.69. The van der Waals surface area contributed by atoms with Crippen LogP contribution in [0.1, 0.15) is 170 Å². The SMILES string of the molecule is CCCCCCCCCCCCOC(=O)CNc1ccc(Cl)c(Nc2[nH]n(-c3c(Cl)cc(Cl)cc3Cl)c(=O)c2C(c2cccc(C)c2)c2c(Nc3cc(NCC(=O)OCCCCCCCCCCCC)ccc3Cl)[nH]n(-c3c(Cl)cc(Cl)cc3Cl)c2=O)c1. The van der Waals surface area contributed by atoms with Crippen molar-refractivity contribution >= 4 is 139 Å². The van der Waals surface area contributed by atoms with E-state index in [-0.39, 0.29) is 87.4 Å². The minimum atomic E-state index is -1.29. The van der Waals surface area contributed by atoms with Crippen LogP contribution in [0.3, 0.4) is 0 Å². The lowest BCUT2D eigenvalue weighted by Gasteiger charge is -2.20. The Morgan fingerprint density at radius 1 is 0.466 bits per heavy atom. The van der Waals surface area contributed by atoms with Gasteiger partial charge in [-0.3, -0.25) is 29.4 Å². The van der Waals surface area contributed by atoms with Gasteiger partial charge in [-0.2, -0.15) is 0 Å². The van der Waals surface area contributed by atoms with E-state index >= 15 is 9.59 Å². The summed E-state index contributed by atoms with van der Waals surface area (Å²) >= 11 is 54.3. The maximum Gasteiger partial charge on any atom is 0.325 e. The Hall–Kier alpha value is -5.42. The van der Waals surface area contributed by atoms with Crippen LogP contribution in [-0.2, 0) is 19.1 Å². The summed E-state index contributed by atoms with van der Waals surface area (Å²) in [7, 11) is 0. The quantitative estimate of drug-likeness (QED) is 0.0162. The van der Waals surface area contributed by atoms with Crippen molar-refractivity contribution in [3.63, 3.8) is 0 Å². The molecule has 0 aliphatic carbocycles. The fraction of sp³-hybridized carbons (Fsp3) is 0.424. The van der Waals surface area contributed by atoms with Crippen LogP contribution >= 0.6 is 92.8 Å². The zero-order valence-corrected chi connectivity index (χ0v) is 56.0. The van der Waals surface area contributed by atoms with Crippen molar-refractivity contribution in [2.24, 2.45) is 0 Å². The van der Waals surface area contributed by atoms with E-state index < -0.39 is 29.0 Å². The molecular formula is C66H78Cl8N8O6. The van der Waals surface area contributed by atoms with E-state index in [2.05, 4.69) is 45.3 Å². The van der Waals surface area contributed by atoms with Crippen LogP contribution in [0.25, 0.3) is 11.4 Å². The molecule has 0 amide bonds. The zero-order valence-electron chi connectivity index (χ0n) is 50.0. The number of hydrogen-bond donors (Lipinski definition) is 6. The van der Waals surface area contributed by atoms with Crippen LogP contribution in [0.5, 0.6) is 0 Å². The Kier molecular flexibility index (Phi) is 28.5. The number of carbonyl (C=O) groups excluding carboxylic acids is 2. The van der Waals surface area contributed by atoms with Gasteiger partial charge in [-0.15, -0.1) is 0 Å². The molecule has 7 aromatic rings. The van der Waals surface area contributed by atoms with Gasteiger partial charge < -0.3 is 30.7 Å². The summed E-state index contributed by atoms with van der Waals surface area (Å²) in [5.74, 6) is -2.03. The van der Waals surface area contributed by atoms with Crippen molar-refractivity contribution in [3.05, 3.63) is 168 Å². The number of carbonyl (C=O) groups is 2. The predicted octanol–water partition coefficient (Wildman–Crippen LogP) is 20.6. The van der Waals surface area contributed by atoms with Gasteiger partial charge >= 0.3 is 11.9 Å². The molecular weight excluding hydrogens is 1280 g/mol. The first kappa shape index (κ1) is 70.0. The third-order valence-corrected chi connectivity index (χ3v) is 17.3. The first-order valence-electron chi connectivity index (χ1n) is 30.5. The number of aromatic amines is 2. The van der Waals surface area contributed by atoms with Gasteiger partial charge in [0.2, 0.25) is 0 Å². The predicted molar refractivity (Wildman–Crippen MR) is 367 cm³/mol. The zero-order chi connectivity index (χ0) is 63.1. The third kappa shape index (κ3) is 20.3. The number of ether oxygens (including phenoxy) is 2. The second-order valence-corrected chi connectivity index (χ2v) is 25.3. The average molecular weight is 1360 g/mol. The Balaban J connectivity index is 1.23. The molecule has 0 fully saturated rings. The highest BCUT2D eigenvalue weighted by Crippen LogP contribution is 2.42. The number of rotatable bonds is 37. The van der Waals surface area contributed by atoms with Crippen molar-refractivity contribution in [1.29, 1.82) is 0 Å². The Morgan fingerprint density at radius 2 is 0.830 bits per heavy atom. The number of nitrogens with one attached hydrogen (secondary N) is 6. The highest BCUT2D eigenvalue weighted by molar-refractivity contribution is 6.41. The van der Waals surface area contributed by atoms with Crippen LogP contribution in [0.4, 0.5) is 34.4 Å². The molecule has 0 aliphatic rings. The smallest absolute Gasteiger partial charge is 0.325 e. The van der Waals surface area contributed by atoms with Gasteiger partial charge in [-0.1, -0.05) is 252 Å². The van der Waals surface area contributed by atoms with Crippen molar-refractivity contribution in [2.75, 3.05) is 47.6 Å². The third-order valence-electron chi connectivity index (χ3n) is 15.1. The Bertz CT molecular complexity index is 3310. The fourth-order valence-electron chi connectivity index (χ4n) is 10.5. The number of anilines is 6. The number of unbranched alkanes of at least 4 members (excludes halogenated alkanes) is 18. The van der Waals surface area contributed by atoms with Gasteiger partial charge in [0.1, 0.15) is 36.1 Å². The second kappa shape index (κ2) is 35.8. The maximum atomic E-state index is 15.8. The molecule has 5 aromatic carbocycles. The van der Waals surface area contributed by atoms with Crippen molar-refractivity contribution < 1.29 is 19.1 Å². The van der Waals surface area contributed by atoms with E-state index in [1.165, 1.54) is 114 Å². The van der Waals surface area contributed by atoms with Crippen LogP contribution < -0.4 is 32.4 Å². The number of hydrogen-bond acceptors (Lipinski definition) is 10. The molecule has 88 heavy (non-hydrogen) atoms. The first-order valence-corrected chi connectivity index (χ1v) is 33.5. The largest absolute Gasteiger partial charge is 0.464 e. The number of aryl methyl sites for hydroxylation is 1. The molecule has 0 radical (unpaired) electrons. The molecule has 0 saturated carbocycles. The standard InChI is InChI=1S/C66H78Cl8N8O6/c1-4-6-8-10-12-14-16-18-20-22-31-87-56(83)40-75-46-27-29-48(69)54(38-46)77-63-59(65(85)81(79-63)61-50(71)34-44(67)35-51(61)72)58(43-26-24-25-42(3)33-43)60-64(80-82(66(60)86)62-52(73)36-45(68)37-53(62)74)78-55-39-47(28-30-49(55)70)76-41-57(84)88-32-23-21-19-17-15-13-11-9-7-5-2/h24-30,33-39,58,75-80H,4-23,31-32,40-41H2,1-3H3. The minimum Gasteiger partial charge on any atom is -0.464 e. The summed E-state index contributed by atoms with van der Waals surface area (Å²) in [5, 5.41) is 20.3. The molecule has 474 valence electrons. The second-order valence-electron chi connectivity index (χ2n) is 22.0. The molecule has 0 atom stereocenters. The number of benzene rings is 5. The monoisotopic (exact) mass is 1360 g/mol. The molecule has 0 aliphatic heterocycles. The van der Waals surface area contributed by atoms with Gasteiger partial charge in [0.15, 0.2) is 0 Å². The summed E-state index contributed by atoms with van der Waals surface area (Å²) in [6.07, 6.45) is 23.3. The number of aromatic nitrogens is 4. The van der Waals surface area contributed by atoms with Gasteiger partial charge in [0.05, 0.1) is 71.8 Å². The molecule has 2 aromatic heterocycles. The van der Waals surface area contributed by atoms with E-state index in [4.69, 9.17) is 102 Å². The molecule has 7 rings (SSSR count). The summed E-state index contributed by atoms with van der Waals surface area (Å²) in [6, 6.07) is 23.1. The number of esters is 2. The lowest BCUT2D eigenvalue weighted by molar-refractivity contribution is -0.142. The van der Waals surface area contributed by atoms with Gasteiger partial charge in [0, 0.05) is 21.4 Å². The Labute approximate surface area is 555 Å². The summed E-state index contributed by atoms with van der Waals surface area (Å²) < 4.78 is 13.5. The fourth-order valence-corrected chi connectivity index (χ4v) is 12.8. The lowest BCUT2D eigenvalue weighted by atomic mass is 9.86. The average Bonchev–Trinajstić information content (AvgIpc) is 1.74. The van der Waals surface area contributed by atoms with E-state index in [1.54, 1.807) is 48.5 Å². The molecule has 0 saturated heterocycles. The molecule has 22 heteroatoms. The molecule has 2 heterocycles. The highest BCUT2D eigenvalue weighted by atomic mass is 35.5. The van der Waals surface area contributed by atoms with Crippen LogP contribution in [0.2, 0.25) is 40.2 Å². The van der Waals surface area contributed by atoms with Crippen molar-refractivity contribution in [3.8, 4) is 11.4 Å². The van der Waals surface area contributed by atoms with Gasteiger partial charge in [-0.25, -0.2) is 9.36 Å². The molecule has 0 unspecified atom stereocenters. The maximum absolute atomic E-state index is 15.8. The lowest BCUT2D eigenvalue weighted by Crippen LogP contribution is -2.26. The van der Waals surface area contributed by atoms with E-state index in [9.17, 15) is 9.59 Å². The van der Waals surface area contributed by atoms with Crippen LogP contribution in [0.15, 0.2) is 94.5 Å². The van der Waals surface area contributed by atoms with Gasteiger partial charge in [-0.05, 0) is 86.0 Å². The Morgan fingerprint density at radius 3 is 1.19 bits per heavy atom. The topological polar surface area (TPSA) is 176 Å². The van der Waals surface area contributed by atoms with Crippen LogP contribution in [0, 0.1) is 6.92 Å². The van der Waals surface area contributed by atoms with E-state index in [0.717, 1.165) is 53.5 Å². The van der Waals surface area contributed by atoms with E-state index in [0.29, 0.717) is 41.5 Å². The molecule has 14 nitrogen and oxygen atoms in total. The highest BCUT2D eigenvalue weighted by Gasteiger charge is 2.35. The first-order chi connectivity index (χ1) is 42.5. The molecule has 0 spiro atoms. The van der Waals surface area contributed by atoms with E-state index in [1.807, 2.05) is 19.1 Å². The van der Waals surface area contributed by atoms with Gasteiger partial charge in [0.25, 0.3) is 11.1 Å². The number of nitrogens with zero attached hydrogens (tertiary/aromatic N) is 2. The minimum absolute atomic E-state index is 0.0184. The molecule has 6 N–H and O–H groups in total. The normalized spacial score (nSPS) is 11.4. The summed E-state index contributed by atoms with van der Waals surface area (Å²) in [5.41, 5.74) is 1.53. The number of H-pyrrole nitrogens is 2. The number of halogens is 8. The van der Waals surface area contributed by atoms with Crippen molar-refractivity contribution in [2.45, 2.75) is 155 Å². The summed E-state index contributed by atoms with van der Waals surface area (Å²) in [4.78, 5) is 57.5. The van der Waals surface area contributed by atoms with Crippen LogP contribution in [-0.4, -0.2) is 57.8 Å².